The van der Waals surface area contributed by atoms with Crippen molar-refractivity contribution < 1.29 is 13.2 Å². The fourth-order valence-corrected chi connectivity index (χ4v) is 4.25. The molecule has 0 spiro atoms. The number of ether oxygens (including phenoxy) is 1. The van der Waals surface area contributed by atoms with Gasteiger partial charge in [0.1, 0.15) is 0 Å². The third-order valence-electron chi connectivity index (χ3n) is 4.10. The number of likely N-dealkylation sites (tertiary alicyclic amines) is 1. The van der Waals surface area contributed by atoms with Gasteiger partial charge in [0.15, 0.2) is 5.96 Å². The van der Waals surface area contributed by atoms with Crippen LogP contribution in [0.3, 0.4) is 0 Å². The zero-order chi connectivity index (χ0) is 17.3. The van der Waals surface area contributed by atoms with E-state index in [0.717, 1.165) is 38.5 Å². The Morgan fingerprint density at radius 2 is 1.87 bits per heavy atom. The molecule has 1 rings (SSSR count). The normalized spacial score (nSPS) is 17.8. The zero-order valence-electron chi connectivity index (χ0n) is 14.9. The van der Waals surface area contributed by atoms with Crippen LogP contribution < -0.4 is 5.32 Å². The first-order valence-electron chi connectivity index (χ1n) is 8.53. The fraction of sp³-hybridized carbons (Fsp3) is 0.933. The molecule has 0 atom stereocenters. The molecule has 0 aromatic carbocycles. The van der Waals surface area contributed by atoms with Crippen molar-refractivity contribution in [3.05, 3.63) is 0 Å². The van der Waals surface area contributed by atoms with E-state index in [0.29, 0.717) is 25.7 Å². The molecule has 23 heavy (non-hydrogen) atoms. The topological polar surface area (TPSA) is 74.2 Å². The van der Waals surface area contributed by atoms with Crippen LogP contribution in [-0.2, 0) is 14.8 Å². The Morgan fingerprint density at radius 3 is 2.35 bits per heavy atom. The summed E-state index contributed by atoms with van der Waals surface area (Å²) in [5.41, 5.74) is 0. The molecular weight excluding hydrogens is 316 g/mol. The van der Waals surface area contributed by atoms with Crippen molar-refractivity contribution in [2.75, 3.05) is 52.1 Å². The van der Waals surface area contributed by atoms with Gasteiger partial charge in [-0.25, -0.2) is 12.7 Å². The highest BCUT2D eigenvalue weighted by atomic mass is 32.2. The highest BCUT2D eigenvalue weighted by Crippen LogP contribution is 2.13. The van der Waals surface area contributed by atoms with Gasteiger partial charge in [0.2, 0.25) is 10.0 Å². The Hall–Kier alpha value is -0.860. The summed E-state index contributed by atoms with van der Waals surface area (Å²) in [5, 5.41) is 3.17. The van der Waals surface area contributed by atoms with Crippen LogP contribution in [0.5, 0.6) is 0 Å². The molecule has 0 bridgehead atoms. The van der Waals surface area contributed by atoms with Crippen molar-refractivity contribution in [2.24, 2.45) is 4.99 Å². The minimum Gasteiger partial charge on any atom is -0.378 e. The Kier molecular flexibility index (Phi) is 8.86. The molecule has 0 saturated carbocycles. The molecular formula is C15H32N4O3S. The summed E-state index contributed by atoms with van der Waals surface area (Å²) in [6, 6.07) is 0. The maximum atomic E-state index is 12.2. The lowest BCUT2D eigenvalue weighted by atomic mass is 10.1. The Bertz CT molecular complexity index is 455. The average molecular weight is 349 g/mol. The van der Waals surface area contributed by atoms with Crippen LogP contribution in [0.25, 0.3) is 0 Å². The van der Waals surface area contributed by atoms with E-state index < -0.39 is 10.0 Å². The first-order valence-corrected chi connectivity index (χ1v) is 10.1. The molecule has 7 nitrogen and oxygen atoms in total. The van der Waals surface area contributed by atoms with Gasteiger partial charge in [0, 0.05) is 46.4 Å². The Labute approximate surface area is 141 Å². The second kappa shape index (κ2) is 10.1. The Balaban J connectivity index is 2.44. The summed E-state index contributed by atoms with van der Waals surface area (Å²) in [6.45, 7) is 9.64. The van der Waals surface area contributed by atoms with E-state index in [2.05, 4.69) is 15.2 Å². The van der Waals surface area contributed by atoms with E-state index in [1.807, 2.05) is 20.8 Å². The molecule has 0 aromatic heterocycles. The first-order chi connectivity index (χ1) is 11.0. The zero-order valence-corrected chi connectivity index (χ0v) is 15.7. The monoisotopic (exact) mass is 348 g/mol. The smallest absolute Gasteiger partial charge is 0.215 e. The number of aliphatic imine (C=N–C) groups is 1. The second-order valence-electron chi connectivity index (χ2n) is 5.52. The van der Waals surface area contributed by atoms with Crippen molar-refractivity contribution in [1.82, 2.24) is 14.5 Å². The molecule has 1 heterocycles. The van der Waals surface area contributed by atoms with E-state index in [-0.39, 0.29) is 5.75 Å². The highest BCUT2D eigenvalue weighted by molar-refractivity contribution is 7.89. The maximum Gasteiger partial charge on any atom is 0.215 e. The number of piperidine rings is 1. The SMILES string of the molecule is CCOC1CCN(C(=NC)NCCS(=O)(=O)N(CC)CC)CC1. The third-order valence-corrected chi connectivity index (χ3v) is 6.12. The molecule has 0 aliphatic carbocycles. The molecule has 0 aromatic rings. The summed E-state index contributed by atoms with van der Waals surface area (Å²) in [7, 11) is -1.46. The number of nitrogens with zero attached hydrogens (tertiary/aromatic N) is 3. The summed E-state index contributed by atoms with van der Waals surface area (Å²) in [6.07, 6.45) is 2.29. The quantitative estimate of drug-likeness (QED) is 0.517. The molecule has 1 fully saturated rings. The van der Waals surface area contributed by atoms with Gasteiger partial charge < -0.3 is 15.0 Å². The molecule has 1 N–H and O–H groups in total. The van der Waals surface area contributed by atoms with Gasteiger partial charge in [-0.1, -0.05) is 13.8 Å². The number of nitrogens with one attached hydrogen (secondary N) is 1. The van der Waals surface area contributed by atoms with Crippen molar-refractivity contribution in [1.29, 1.82) is 0 Å². The number of rotatable bonds is 8. The van der Waals surface area contributed by atoms with Crippen molar-refractivity contribution in [3.8, 4) is 0 Å². The number of hydrogen-bond acceptors (Lipinski definition) is 4. The maximum absolute atomic E-state index is 12.2. The fourth-order valence-electron chi connectivity index (χ4n) is 2.84. The summed E-state index contributed by atoms with van der Waals surface area (Å²) in [4.78, 5) is 6.44. The molecule has 0 amide bonds. The van der Waals surface area contributed by atoms with Gasteiger partial charge in [0.05, 0.1) is 11.9 Å². The lowest BCUT2D eigenvalue weighted by Gasteiger charge is -2.34. The molecule has 0 radical (unpaired) electrons. The van der Waals surface area contributed by atoms with Crippen LogP contribution in [-0.4, -0.2) is 81.8 Å². The largest absolute Gasteiger partial charge is 0.378 e. The molecule has 0 unspecified atom stereocenters. The third kappa shape index (κ3) is 6.27. The predicted molar refractivity (Wildman–Crippen MR) is 94.3 cm³/mol. The van der Waals surface area contributed by atoms with E-state index in [1.54, 1.807) is 7.05 Å². The number of guanidine groups is 1. The summed E-state index contributed by atoms with van der Waals surface area (Å²) < 4.78 is 31.5. The van der Waals surface area contributed by atoms with E-state index in [1.165, 1.54) is 4.31 Å². The molecule has 8 heteroatoms. The highest BCUT2D eigenvalue weighted by Gasteiger charge is 2.22. The average Bonchev–Trinajstić information content (AvgIpc) is 2.54. The van der Waals surface area contributed by atoms with Gasteiger partial charge in [-0.15, -0.1) is 0 Å². The van der Waals surface area contributed by atoms with Crippen LogP contribution in [0.1, 0.15) is 33.6 Å². The Morgan fingerprint density at radius 1 is 1.26 bits per heavy atom. The van der Waals surface area contributed by atoms with Gasteiger partial charge in [-0.3, -0.25) is 4.99 Å². The van der Waals surface area contributed by atoms with Gasteiger partial charge in [-0.2, -0.15) is 0 Å². The van der Waals surface area contributed by atoms with E-state index in [4.69, 9.17) is 4.74 Å². The van der Waals surface area contributed by atoms with Crippen molar-refractivity contribution in [2.45, 2.75) is 39.7 Å². The van der Waals surface area contributed by atoms with Crippen LogP contribution in [0.2, 0.25) is 0 Å². The predicted octanol–water partition coefficient (Wildman–Crippen LogP) is 0.734. The van der Waals surface area contributed by atoms with Crippen LogP contribution in [0, 0.1) is 0 Å². The minimum absolute atomic E-state index is 0.0864. The van der Waals surface area contributed by atoms with Crippen LogP contribution >= 0.6 is 0 Å². The second-order valence-corrected chi connectivity index (χ2v) is 7.60. The number of sulfonamides is 1. The van der Waals surface area contributed by atoms with Gasteiger partial charge in [-0.05, 0) is 19.8 Å². The summed E-state index contributed by atoms with van der Waals surface area (Å²) in [5.74, 6) is 0.859. The molecule has 1 aliphatic rings. The molecule has 136 valence electrons. The van der Waals surface area contributed by atoms with Crippen molar-refractivity contribution in [3.63, 3.8) is 0 Å². The molecule has 1 saturated heterocycles. The van der Waals surface area contributed by atoms with E-state index in [9.17, 15) is 8.42 Å². The van der Waals surface area contributed by atoms with Crippen molar-refractivity contribution >= 4 is 16.0 Å². The minimum atomic E-state index is -3.20. The van der Waals surface area contributed by atoms with E-state index >= 15 is 0 Å². The van der Waals surface area contributed by atoms with Gasteiger partial charge >= 0.3 is 0 Å². The summed E-state index contributed by atoms with van der Waals surface area (Å²) >= 11 is 0. The van der Waals surface area contributed by atoms with Gasteiger partial charge in [0.25, 0.3) is 0 Å². The van der Waals surface area contributed by atoms with Crippen LogP contribution in [0.4, 0.5) is 0 Å². The lowest BCUT2D eigenvalue weighted by Crippen LogP contribution is -2.48. The molecule has 1 aliphatic heterocycles. The van der Waals surface area contributed by atoms with Crippen LogP contribution in [0.15, 0.2) is 4.99 Å². The standard InChI is InChI=1S/C15H32N4O3S/c1-5-19(6-2)23(20,21)13-10-17-15(16-4)18-11-8-14(9-12-18)22-7-3/h14H,5-13H2,1-4H3,(H,16,17). The lowest BCUT2D eigenvalue weighted by molar-refractivity contribution is 0.0264. The number of hydrogen-bond donors (Lipinski definition) is 1. The first kappa shape index (κ1) is 20.2.